The summed E-state index contributed by atoms with van der Waals surface area (Å²) in [7, 11) is 0. The predicted octanol–water partition coefficient (Wildman–Crippen LogP) is 3.40. The molecule has 0 bridgehead atoms. The van der Waals surface area contributed by atoms with E-state index in [1.807, 2.05) is 30.5 Å². The van der Waals surface area contributed by atoms with E-state index < -0.39 is 0 Å². The fourth-order valence-corrected chi connectivity index (χ4v) is 2.64. The number of rotatable bonds is 2. The van der Waals surface area contributed by atoms with E-state index in [1.165, 1.54) is 0 Å². The zero-order valence-corrected chi connectivity index (χ0v) is 10.6. The average Bonchev–Trinajstić information content (AvgIpc) is 2.32. The van der Waals surface area contributed by atoms with E-state index in [1.54, 1.807) is 17.8 Å². The Hall–Kier alpha value is -1.45. The van der Waals surface area contributed by atoms with Gasteiger partial charge in [-0.1, -0.05) is 30.5 Å². The number of benzene rings is 1. The topological polar surface area (TPSA) is 46.2 Å². The number of allylic oxidation sites excluding steroid dienone is 3. The molecule has 2 rings (SSSR count). The zero-order chi connectivity index (χ0) is 12.4. The SMILES string of the molecule is C=C1C=CSC(c2ccc(CN)c(O)c2)=C1C. The lowest BCUT2D eigenvalue weighted by Gasteiger charge is -2.15. The molecule has 17 heavy (non-hydrogen) atoms. The van der Waals surface area contributed by atoms with Gasteiger partial charge in [-0.3, -0.25) is 0 Å². The first kappa shape index (κ1) is 12.0. The van der Waals surface area contributed by atoms with Gasteiger partial charge in [0.1, 0.15) is 5.75 Å². The van der Waals surface area contributed by atoms with Gasteiger partial charge in [0, 0.05) is 17.0 Å². The van der Waals surface area contributed by atoms with Crippen LogP contribution in [-0.4, -0.2) is 5.11 Å². The number of aromatic hydroxyl groups is 1. The highest BCUT2D eigenvalue weighted by Crippen LogP contribution is 2.39. The molecule has 3 heteroatoms. The Morgan fingerprint density at radius 3 is 2.82 bits per heavy atom. The molecule has 0 saturated carbocycles. The summed E-state index contributed by atoms with van der Waals surface area (Å²) in [6.45, 7) is 6.38. The van der Waals surface area contributed by atoms with Crippen molar-refractivity contribution in [1.82, 2.24) is 0 Å². The third kappa shape index (κ3) is 2.30. The first-order valence-corrected chi connectivity index (χ1v) is 6.27. The molecule has 0 unspecified atom stereocenters. The van der Waals surface area contributed by atoms with Crippen molar-refractivity contribution in [2.24, 2.45) is 5.73 Å². The van der Waals surface area contributed by atoms with Crippen LogP contribution < -0.4 is 5.73 Å². The normalized spacial score (nSPS) is 15.5. The fourth-order valence-electron chi connectivity index (χ4n) is 1.71. The van der Waals surface area contributed by atoms with Crippen molar-refractivity contribution in [3.63, 3.8) is 0 Å². The highest BCUT2D eigenvalue weighted by molar-refractivity contribution is 8.11. The maximum Gasteiger partial charge on any atom is 0.120 e. The molecule has 1 aliphatic rings. The Kier molecular flexibility index (Phi) is 3.41. The Bertz CT molecular complexity index is 529. The van der Waals surface area contributed by atoms with Crippen molar-refractivity contribution in [2.45, 2.75) is 13.5 Å². The first-order chi connectivity index (χ1) is 8.13. The van der Waals surface area contributed by atoms with E-state index in [9.17, 15) is 5.11 Å². The van der Waals surface area contributed by atoms with Crippen LogP contribution in [0.3, 0.4) is 0 Å². The van der Waals surface area contributed by atoms with Crippen LogP contribution in [0.25, 0.3) is 4.91 Å². The summed E-state index contributed by atoms with van der Waals surface area (Å²) >= 11 is 1.65. The molecule has 0 atom stereocenters. The third-order valence-corrected chi connectivity index (χ3v) is 3.89. The minimum Gasteiger partial charge on any atom is -0.508 e. The largest absolute Gasteiger partial charge is 0.508 e. The van der Waals surface area contributed by atoms with Crippen molar-refractivity contribution >= 4 is 16.7 Å². The summed E-state index contributed by atoms with van der Waals surface area (Å²) in [5.74, 6) is 0.256. The maximum absolute atomic E-state index is 9.82. The summed E-state index contributed by atoms with van der Waals surface area (Å²) in [5.41, 5.74) is 9.46. The minimum absolute atomic E-state index is 0.256. The average molecular weight is 245 g/mol. The van der Waals surface area contributed by atoms with E-state index in [4.69, 9.17) is 5.73 Å². The Morgan fingerprint density at radius 1 is 1.41 bits per heavy atom. The molecule has 0 aliphatic carbocycles. The summed E-state index contributed by atoms with van der Waals surface area (Å²) in [6.07, 6.45) is 2.00. The van der Waals surface area contributed by atoms with Crippen molar-refractivity contribution in [2.75, 3.05) is 0 Å². The highest BCUT2D eigenvalue weighted by atomic mass is 32.2. The van der Waals surface area contributed by atoms with Gasteiger partial charge in [0.2, 0.25) is 0 Å². The van der Waals surface area contributed by atoms with E-state index in [-0.39, 0.29) is 5.75 Å². The van der Waals surface area contributed by atoms with Crippen LogP contribution in [0.2, 0.25) is 0 Å². The highest BCUT2D eigenvalue weighted by Gasteiger charge is 2.12. The Morgan fingerprint density at radius 2 is 2.18 bits per heavy atom. The number of hydrogen-bond donors (Lipinski definition) is 2. The molecule has 0 saturated heterocycles. The molecule has 1 heterocycles. The summed E-state index contributed by atoms with van der Waals surface area (Å²) < 4.78 is 0. The molecule has 88 valence electrons. The van der Waals surface area contributed by atoms with E-state index in [0.717, 1.165) is 27.2 Å². The van der Waals surface area contributed by atoms with Crippen LogP contribution >= 0.6 is 11.8 Å². The van der Waals surface area contributed by atoms with Crippen LogP contribution in [0.1, 0.15) is 18.1 Å². The molecule has 0 aromatic heterocycles. The molecule has 1 aromatic rings. The standard InChI is InChI=1S/C14H15NOS/c1-9-5-6-17-14(10(9)2)11-3-4-12(8-15)13(16)7-11/h3-7,16H,1,8,15H2,2H3. The molecule has 0 spiro atoms. The summed E-state index contributed by atoms with van der Waals surface area (Å²) in [4.78, 5) is 1.14. The smallest absolute Gasteiger partial charge is 0.120 e. The van der Waals surface area contributed by atoms with Crippen LogP contribution in [0.15, 0.2) is 47.4 Å². The second kappa shape index (κ2) is 4.82. The Balaban J connectivity index is 2.45. The molecule has 3 N–H and O–H groups in total. The van der Waals surface area contributed by atoms with E-state index in [0.29, 0.717) is 6.54 Å². The fraction of sp³-hybridized carbons (Fsp3) is 0.143. The van der Waals surface area contributed by atoms with Gasteiger partial charge >= 0.3 is 0 Å². The number of hydrogen-bond acceptors (Lipinski definition) is 3. The zero-order valence-electron chi connectivity index (χ0n) is 9.73. The second-order valence-electron chi connectivity index (χ2n) is 3.95. The van der Waals surface area contributed by atoms with Gasteiger partial charge in [0.15, 0.2) is 0 Å². The van der Waals surface area contributed by atoms with E-state index >= 15 is 0 Å². The molecule has 0 radical (unpaired) electrons. The van der Waals surface area contributed by atoms with Gasteiger partial charge in [-0.25, -0.2) is 0 Å². The van der Waals surface area contributed by atoms with Gasteiger partial charge in [-0.05, 0) is 41.2 Å². The van der Waals surface area contributed by atoms with Crippen LogP contribution in [0, 0.1) is 0 Å². The molecular formula is C14H15NOS. The second-order valence-corrected chi connectivity index (χ2v) is 4.86. The number of nitrogens with two attached hydrogens (primary N) is 1. The van der Waals surface area contributed by atoms with Crippen LogP contribution in [0.4, 0.5) is 0 Å². The lowest BCUT2D eigenvalue weighted by Crippen LogP contribution is -1.97. The molecule has 1 aromatic carbocycles. The summed E-state index contributed by atoms with van der Waals surface area (Å²) in [6, 6.07) is 5.62. The number of phenolic OH excluding ortho intramolecular Hbond substituents is 1. The summed E-state index contributed by atoms with van der Waals surface area (Å²) in [5, 5.41) is 11.8. The lowest BCUT2D eigenvalue weighted by atomic mass is 10.0. The maximum atomic E-state index is 9.82. The lowest BCUT2D eigenvalue weighted by molar-refractivity contribution is 0.468. The molecule has 1 aliphatic heterocycles. The number of phenols is 1. The van der Waals surface area contributed by atoms with Gasteiger partial charge < -0.3 is 10.8 Å². The van der Waals surface area contributed by atoms with Crippen molar-refractivity contribution in [3.05, 3.63) is 58.5 Å². The van der Waals surface area contributed by atoms with Gasteiger partial charge in [0.25, 0.3) is 0 Å². The molecule has 0 fully saturated rings. The van der Waals surface area contributed by atoms with Gasteiger partial charge in [-0.2, -0.15) is 0 Å². The first-order valence-electron chi connectivity index (χ1n) is 5.39. The van der Waals surface area contributed by atoms with Gasteiger partial charge in [0.05, 0.1) is 0 Å². The quantitative estimate of drug-likeness (QED) is 0.839. The van der Waals surface area contributed by atoms with Crippen LogP contribution in [-0.2, 0) is 6.54 Å². The monoisotopic (exact) mass is 245 g/mol. The van der Waals surface area contributed by atoms with Crippen molar-refractivity contribution in [1.29, 1.82) is 0 Å². The van der Waals surface area contributed by atoms with Crippen molar-refractivity contribution < 1.29 is 5.11 Å². The van der Waals surface area contributed by atoms with Crippen molar-refractivity contribution in [3.8, 4) is 5.75 Å². The third-order valence-electron chi connectivity index (χ3n) is 2.84. The molecule has 2 nitrogen and oxygen atoms in total. The predicted molar refractivity (Wildman–Crippen MR) is 74.5 cm³/mol. The minimum atomic E-state index is 0.256. The Labute approximate surface area is 106 Å². The molecule has 0 amide bonds. The number of thioether (sulfide) groups is 1. The van der Waals surface area contributed by atoms with E-state index in [2.05, 4.69) is 6.58 Å². The van der Waals surface area contributed by atoms with Crippen LogP contribution in [0.5, 0.6) is 5.75 Å². The molecular weight excluding hydrogens is 230 g/mol. The van der Waals surface area contributed by atoms with Gasteiger partial charge in [-0.15, -0.1) is 0 Å².